The Kier molecular flexibility index (Phi) is 11.8. The lowest BCUT2D eigenvalue weighted by Gasteiger charge is -2.67. The first-order valence-electron chi connectivity index (χ1n) is 28.8. The van der Waals surface area contributed by atoms with E-state index in [1.807, 2.05) is 32.9 Å². The smallest absolute Gasteiger partial charge is 0.341 e. The normalized spacial score (nSPS) is 42.4. The molecule has 22 atom stereocenters. The summed E-state index contributed by atoms with van der Waals surface area (Å²) in [6.07, 6.45) is -6.15. The molecule has 23 heteroatoms. The van der Waals surface area contributed by atoms with Crippen molar-refractivity contribution < 1.29 is 91.8 Å². The molecule has 1 aromatic heterocycles. The minimum absolute atomic E-state index is 0.00380. The van der Waals surface area contributed by atoms with E-state index in [9.17, 15) is 49.2 Å². The summed E-state index contributed by atoms with van der Waals surface area (Å²) in [5.41, 5.74) is -5.14. The van der Waals surface area contributed by atoms with Crippen LogP contribution in [0.5, 0.6) is 23.0 Å². The molecule has 1 amide bonds. The van der Waals surface area contributed by atoms with Crippen LogP contribution in [-0.4, -0.2) is 137 Å². The second kappa shape index (κ2) is 18.2. The number of carbonyl (C=O) groups excluding carboxylic acids is 6. The number of fused-ring (bicyclic) bond motifs is 15. The van der Waals surface area contributed by atoms with E-state index in [1.165, 1.54) is 39.8 Å². The van der Waals surface area contributed by atoms with Crippen molar-refractivity contribution in [1.82, 2.24) is 20.3 Å². The number of esters is 5. The quantitative estimate of drug-likeness (QED) is 0.0808. The first kappa shape index (κ1) is 54.7. The molecule has 2 unspecified atom stereocenters. The van der Waals surface area contributed by atoms with Gasteiger partial charge in [-0.15, -0.1) is 5.10 Å². The molecule has 14 rings (SSSR count). The summed E-state index contributed by atoms with van der Waals surface area (Å²) >= 11 is 0. The van der Waals surface area contributed by atoms with E-state index in [0.29, 0.717) is 45.2 Å². The van der Waals surface area contributed by atoms with Crippen LogP contribution in [0.4, 0.5) is 0 Å². The van der Waals surface area contributed by atoms with Crippen molar-refractivity contribution in [3.63, 3.8) is 0 Å². The van der Waals surface area contributed by atoms with Gasteiger partial charge in [-0.25, -0.2) is 9.59 Å². The third-order valence-corrected chi connectivity index (χ3v) is 21.7. The Morgan fingerprint density at radius 3 is 2.25 bits per heavy atom. The predicted molar refractivity (Wildman–Crippen MR) is 283 cm³/mol. The molecule has 3 aromatic carbocycles. The van der Waals surface area contributed by atoms with Gasteiger partial charge in [0, 0.05) is 91.1 Å². The Balaban J connectivity index is 0.730. The van der Waals surface area contributed by atoms with Gasteiger partial charge in [0.15, 0.2) is 11.2 Å². The summed E-state index contributed by atoms with van der Waals surface area (Å²) in [6, 6.07) is 15.9. The molecule has 4 aromatic rings. The van der Waals surface area contributed by atoms with Crippen LogP contribution >= 0.6 is 0 Å². The number of aryl methyl sites for hydroxylation is 1. The standard InChI is InChI=1S/C61H66N4O19/c1-25-42-45(58(7)59(8,75)55(74)84-61(58)51(25)82-61)48(72)43-41-44(50(77-26(2)66)53(57(42,43)6)79-28(4)68)56(5)36(22-39-49(81-39)52(56)78-27(3)67)46(47(41)71)62-40(70)14-11-19-65-23-29(63-64-65)24-76-31-16-18-35-38(21-31)80-37-20-30(69)15-17-34(37)60(35)33-13-10-9-12-32(33)54(73)83-60/h9-10,12-13,15-18,20-21,23,25,36,39,41-53,69,71-72,75H,11,14,19,22,24H2,1-8H3,(H,62,70)/t25-,36+,39-,41-,42-,43+,44?,45-,46+,47+,48+,49-,50-,51+,52-,53-,56-,57+,58-,59+,60?,61-/m0/s1. The highest BCUT2D eigenvalue weighted by molar-refractivity contribution is 5.97. The van der Waals surface area contributed by atoms with Gasteiger partial charge in [0.05, 0.1) is 41.5 Å². The van der Waals surface area contributed by atoms with E-state index in [1.54, 1.807) is 54.2 Å². The van der Waals surface area contributed by atoms with Crippen LogP contribution in [0.1, 0.15) is 107 Å². The number of phenolic OH excluding ortho intramolecular Hbond substituents is 1. The molecule has 5 aliphatic carbocycles. The lowest BCUT2D eigenvalue weighted by Crippen LogP contribution is -2.77. The topological polar surface area (TPSA) is 316 Å². The molecule has 0 radical (unpaired) electrons. The van der Waals surface area contributed by atoms with E-state index < -0.39 is 165 Å². The van der Waals surface area contributed by atoms with Crippen molar-refractivity contribution in [3.8, 4) is 23.0 Å². The van der Waals surface area contributed by atoms with Crippen molar-refractivity contribution in [2.75, 3.05) is 0 Å². The fourth-order valence-corrected chi connectivity index (χ4v) is 18.4. The van der Waals surface area contributed by atoms with Crippen LogP contribution in [0.3, 0.4) is 0 Å². The first-order chi connectivity index (χ1) is 39.8. The molecule has 0 bridgehead atoms. The Morgan fingerprint density at radius 2 is 1.51 bits per heavy atom. The molecule has 2 spiro atoms. The monoisotopic (exact) mass is 1160 g/mol. The number of phenols is 1. The molecule has 5 aliphatic heterocycles. The van der Waals surface area contributed by atoms with E-state index in [4.69, 9.17) is 42.6 Å². The zero-order chi connectivity index (χ0) is 59.3. The molecule has 8 fully saturated rings. The maximum atomic E-state index is 14.5. The number of hydrogen-bond donors (Lipinski definition) is 5. The lowest BCUT2D eigenvalue weighted by atomic mass is 9.40. The molecular formula is C61H66N4O19. The highest BCUT2D eigenvalue weighted by atomic mass is 16.8. The molecule has 84 heavy (non-hydrogen) atoms. The highest BCUT2D eigenvalue weighted by Gasteiger charge is 2.93. The number of hydrogen-bond acceptors (Lipinski definition) is 21. The number of aliphatic hydroxyl groups is 3. The minimum atomic E-state index is -2.18. The number of amides is 1. The molecule has 10 aliphatic rings. The Labute approximate surface area is 481 Å². The van der Waals surface area contributed by atoms with Crippen LogP contribution < -0.4 is 14.8 Å². The Bertz CT molecular complexity index is 3520. The lowest BCUT2D eigenvalue weighted by molar-refractivity contribution is -0.286. The van der Waals surface area contributed by atoms with Crippen LogP contribution in [0, 0.1) is 57.7 Å². The number of epoxide rings is 2. The van der Waals surface area contributed by atoms with Crippen molar-refractivity contribution in [1.29, 1.82) is 0 Å². The third-order valence-electron chi connectivity index (χ3n) is 21.7. The van der Waals surface area contributed by atoms with E-state index in [-0.39, 0.29) is 38.2 Å². The number of ether oxygens (including phenoxy) is 9. The fourth-order valence-electron chi connectivity index (χ4n) is 18.4. The van der Waals surface area contributed by atoms with Gasteiger partial charge in [0.2, 0.25) is 11.7 Å². The molecule has 5 N–H and O–H groups in total. The number of aromatic nitrogens is 3. The van der Waals surface area contributed by atoms with E-state index in [2.05, 4.69) is 15.6 Å². The first-order valence-corrected chi connectivity index (χ1v) is 28.8. The molecule has 6 heterocycles. The van der Waals surface area contributed by atoms with Gasteiger partial charge in [-0.2, -0.15) is 0 Å². The number of carbonyl (C=O) groups is 6. The number of benzene rings is 3. The van der Waals surface area contributed by atoms with Crippen molar-refractivity contribution in [3.05, 3.63) is 94.8 Å². The Morgan fingerprint density at radius 1 is 0.810 bits per heavy atom. The number of nitrogens with zero attached hydrogens (tertiary/aromatic N) is 3. The summed E-state index contributed by atoms with van der Waals surface area (Å²) in [5, 5.41) is 61.2. The zero-order valence-corrected chi connectivity index (χ0v) is 47.4. The van der Waals surface area contributed by atoms with Gasteiger partial charge < -0.3 is 68.4 Å². The number of nitrogens with one attached hydrogen (secondary N) is 1. The third kappa shape index (κ3) is 7.15. The van der Waals surface area contributed by atoms with Crippen molar-refractivity contribution >= 4 is 35.8 Å². The minimum Gasteiger partial charge on any atom is -0.508 e. The van der Waals surface area contributed by atoms with Crippen LogP contribution in [0.2, 0.25) is 0 Å². The van der Waals surface area contributed by atoms with Gasteiger partial charge in [-0.1, -0.05) is 44.2 Å². The maximum Gasteiger partial charge on any atom is 0.341 e. The van der Waals surface area contributed by atoms with Crippen molar-refractivity contribution in [2.24, 2.45) is 57.7 Å². The SMILES string of the molecule is CC(=O)O[C@H]1C2[C@@H]([C@@H](O)[C@H](NC(=O)CCCn3cc(COc4ccc5c(c4)Oc4cc(O)ccc4C54OC(=O)c5ccccc54)nn3)[C@H]3C[C@@H]4O[C@@H]4[C@H](OC(C)=O)[C@]23C)[C@@H]2[C@@H](O)[C@@H]3[C@H]([C@H](C)[C@H]4O[C@]45OC(=O)[C@@](C)(O)[C@]35C)[C@@]2(C)[C@H]1OC(C)=O. The molecule has 5 saturated carbocycles. The molecule has 3 saturated heterocycles. The van der Waals surface area contributed by atoms with Gasteiger partial charge in [0.25, 0.3) is 0 Å². The number of rotatable bonds is 11. The maximum absolute atomic E-state index is 14.5. The second-order valence-electron chi connectivity index (χ2n) is 25.8. The summed E-state index contributed by atoms with van der Waals surface area (Å²) in [4.78, 5) is 81.8. The Hall–Kier alpha value is -7.18. The van der Waals surface area contributed by atoms with E-state index >= 15 is 0 Å². The largest absolute Gasteiger partial charge is 0.508 e. The van der Waals surface area contributed by atoms with Gasteiger partial charge in [-0.05, 0) is 80.7 Å². The van der Waals surface area contributed by atoms with Crippen molar-refractivity contribution in [2.45, 2.75) is 160 Å². The average Bonchev–Trinajstić information content (AvgIpc) is 1.44. The number of aliphatic hydroxyl groups excluding tert-OH is 2. The van der Waals surface area contributed by atoms with Gasteiger partial charge in [-0.3, -0.25) is 23.9 Å². The van der Waals surface area contributed by atoms with Gasteiger partial charge in [0.1, 0.15) is 65.8 Å². The summed E-state index contributed by atoms with van der Waals surface area (Å²) in [6.45, 7) is 12.5. The zero-order valence-electron chi connectivity index (χ0n) is 47.4. The second-order valence-corrected chi connectivity index (χ2v) is 25.8. The van der Waals surface area contributed by atoms with E-state index in [0.717, 1.165) is 0 Å². The molecular weight excluding hydrogens is 1090 g/mol. The molecule has 23 nitrogen and oxygen atoms in total. The van der Waals surface area contributed by atoms with Crippen LogP contribution in [0.15, 0.2) is 66.9 Å². The highest BCUT2D eigenvalue weighted by Crippen LogP contribution is 2.81. The summed E-state index contributed by atoms with van der Waals surface area (Å²) in [7, 11) is 0. The van der Waals surface area contributed by atoms with Gasteiger partial charge >= 0.3 is 29.8 Å². The van der Waals surface area contributed by atoms with Crippen LogP contribution in [0.25, 0.3) is 0 Å². The average molecular weight is 1160 g/mol. The molecule has 444 valence electrons. The van der Waals surface area contributed by atoms with Crippen LogP contribution in [-0.2, 0) is 75.9 Å². The predicted octanol–water partition coefficient (Wildman–Crippen LogP) is 3.89. The number of aromatic hydroxyl groups is 1. The summed E-state index contributed by atoms with van der Waals surface area (Å²) in [5.74, 6) is -10.6. The summed E-state index contributed by atoms with van der Waals surface area (Å²) < 4.78 is 57.7. The fraction of sp³-hybridized carbons (Fsp3) is 0.574.